The Hall–Kier alpha value is -4.39. The summed E-state index contributed by atoms with van der Waals surface area (Å²) in [4.78, 5) is 13.4. The highest BCUT2D eigenvalue weighted by Gasteiger charge is 2.51. The highest BCUT2D eigenvalue weighted by Crippen LogP contribution is 2.44. The van der Waals surface area contributed by atoms with E-state index in [1.54, 1.807) is 21.1 Å². The molecule has 6 heteroatoms. The zero-order chi connectivity index (χ0) is 32.9. The first-order valence-corrected chi connectivity index (χ1v) is 17.7. The van der Waals surface area contributed by atoms with Crippen LogP contribution in [0, 0.1) is 0 Å². The van der Waals surface area contributed by atoms with E-state index in [0.29, 0.717) is 35.8 Å². The smallest absolute Gasteiger partial charge is 0.261 e. The Morgan fingerprint density at radius 1 is 0.739 bits per heavy atom. The van der Waals surface area contributed by atoms with Crippen molar-refractivity contribution >= 4 is 35.2 Å². The van der Waals surface area contributed by atoms with E-state index >= 15 is 0 Å². The third kappa shape index (κ3) is 6.46. The van der Waals surface area contributed by atoms with Crippen LogP contribution in [-0.4, -0.2) is 34.4 Å². The maximum Gasteiger partial charge on any atom is 0.261 e. The van der Waals surface area contributed by atoms with Gasteiger partial charge in [-0.3, -0.25) is 4.79 Å². The highest BCUT2D eigenvalue weighted by molar-refractivity contribution is 6.99. The van der Waals surface area contributed by atoms with E-state index in [4.69, 9.17) is 18.6 Å². The summed E-state index contributed by atoms with van der Waals surface area (Å²) in [7, 11) is 0.431. The molecule has 0 saturated heterocycles. The number of methoxy groups -OCH3 is 2. The Balaban J connectivity index is 1.60. The molecule has 238 valence electrons. The van der Waals surface area contributed by atoms with Crippen LogP contribution in [0.3, 0.4) is 0 Å². The molecular weight excluding hydrogens is 589 g/mol. The third-order valence-electron chi connectivity index (χ3n) is 8.58. The summed E-state index contributed by atoms with van der Waals surface area (Å²) in [6, 6.07) is 37.1. The molecule has 5 aromatic rings. The fraction of sp³-hybridized carbons (Fsp3) is 0.275. The van der Waals surface area contributed by atoms with Gasteiger partial charge in [0.25, 0.3) is 8.32 Å². The zero-order valence-corrected chi connectivity index (χ0v) is 28.9. The number of ether oxygens (including phenoxy) is 3. The molecule has 0 N–H and O–H groups in total. The van der Waals surface area contributed by atoms with Crippen molar-refractivity contribution in [3.05, 3.63) is 126 Å². The second kappa shape index (κ2) is 13.9. The van der Waals surface area contributed by atoms with Crippen LogP contribution in [0.25, 0.3) is 10.8 Å². The first kappa shape index (κ1) is 33.0. The second-order valence-electron chi connectivity index (χ2n) is 12.8. The summed E-state index contributed by atoms with van der Waals surface area (Å²) < 4.78 is 25.6. The van der Waals surface area contributed by atoms with E-state index in [1.807, 2.05) is 60.7 Å². The molecule has 0 heterocycles. The lowest BCUT2D eigenvalue weighted by Gasteiger charge is -2.44. The number of fused-ring (bicyclic) bond motifs is 1. The fourth-order valence-electron chi connectivity index (χ4n) is 6.62. The fourth-order valence-corrected chi connectivity index (χ4v) is 11.3. The molecule has 0 unspecified atom stereocenters. The van der Waals surface area contributed by atoms with Gasteiger partial charge in [0.15, 0.2) is 5.78 Å². The van der Waals surface area contributed by atoms with Crippen molar-refractivity contribution in [2.24, 2.45) is 0 Å². The summed E-state index contributed by atoms with van der Waals surface area (Å²) >= 11 is 0. The molecule has 0 aromatic heterocycles. The van der Waals surface area contributed by atoms with Crippen molar-refractivity contribution in [2.45, 2.75) is 58.8 Å². The largest absolute Gasteiger partial charge is 0.496 e. The molecular formula is C40H44O5Si. The van der Waals surface area contributed by atoms with Gasteiger partial charge in [-0.25, -0.2) is 0 Å². The SMILES string of the molecule is COc1c(C[C@H](C)O[Si](c2ccccc2)(c2ccccc2)C(C)(C)C)c(C(C)=O)c(OC)c2cc(OCc3ccccc3)ccc12. The number of carbonyl (C=O) groups is 1. The molecule has 5 aromatic carbocycles. The third-order valence-corrected chi connectivity index (χ3v) is 13.7. The van der Waals surface area contributed by atoms with Crippen molar-refractivity contribution in [2.75, 3.05) is 14.2 Å². The summed E-state index contributed by atoms with van der Waals surface area (Å²) in [5.41, 5.74) is 2.36. The number of hydrogen-bond donors (Lipinski definition) is 0. The van der Waals surface area contributed by atoms with Gasteiger partial charge in [0.1, 0.15) is 23.9 Å². The predicted octanol–water partition coefficient (Wildman–Crippen LogP) is 8.15. The van der Waals surface area contributed by atoms with E-state index < -0.39 is 8.32 Å². The van der Waals surface area contributed by atoms with Crippen molar-refractivity contribution in [1.29, 1.82) is 0 Å². The van der Waals surface area contributed by atoms with Crippen molar-refractivity contribution < 1.29 is 23.4 Å². The van der Waals surface area contributed by atoms with Gasteiger partial charge in [0.2, 0.25) is 0 Å². The molecule has 0 spiro atoms. The van der Waals surface area contributed by atoms with Gasteiger partial charge in [-0.15, -0.1) is 0 Å². The molecule has 0 radical (unpaired) electrons. The predicted molar refractivity (Wildman–Crippen MR) is 190 cm³/mol. The van der Waals surface area contributed by atoms with E-state index in [1.165, 1.54) is 10.4 Å². The van der Waals surface area contributed by atoms with Crippen LogP contribution in [0.2, 0.25) is 5.04 Å². The molecule has 0 saturated carbocycles. The van der Waals surface area contributed by atoms with Crippen LogP contribution in [-0.2, 0) is 17.5 Å². The number of Topliss-reactive ketones (excluding diaryl/α,β-unsaturated/α-hetero) is 1. The van der Waals surface area contributed by atoms with E-state index in [9.17, 15) is 4.79 Å². The van der Waals surface area contributed by atoms with Crippen LogP contribution in [0.1, 0.15) is 56.1 Å². The Morgan fingerprint density at radius 2 is 1.28 bits per heavy atom. The molecule has 0 aliphatic rings. The summed E-state index contributed by atoms with van der Waals surface area (Å²) in [5.74, 6) is 1.75. The zero-order valence-electron chi connectivity index (χ0n) is 27.9. The summed E-state index contributed by atoms with van der Waals surface area (Å²) in [6.07, 6.45) is 0.204. The Morgan fingerprint density at radius 3 is 1.78 bits per heavy atom. The van der Waals surface area contributed by atoms with Crippen molar-refractivity contribution in [3.8, 4) is 17.2 Å². The molecule has 1 atom stereocenters. The van der Waals surface area contributed by atoms with E-state index in [0.717, 1.165) is 21.9 Å². The highest BCUT2D eigenvalue weighted by atomic mass is 28.4. The molecule has 46 heavy (non-hydrogen) atoms. The number of benzene rings is 5. The van der Waals surface area contributed by atoms with Gasteiger partial charge in [0.05, 0.1) is 19.8 Å². The van der Waals surface area contributed by atoms with Gasteiger partial charge < -0.3 is 18.6 Å². The number of hydrogen-bond acceptors (Lipinski definition) is 5. The average molecular weight is 633 g/mol. The topological polar surface area (TPSA) is 54.0 Å². The van der Waals surface area contributed by atoms with E-state index in [2.05, 4.69) is 76.2 Å². The normalized spacial score (nSPS) is 12.5. The number of carbonyl (C=O) groups excluding carboxylic acids is 1. The van der Waals surface area contributed by atoms with Gasteiger partial charge in [0, 0.05) is 28.9 Å². The molecule has 0 aliphatic carbocycles. The van der Waals surface area contributed by atoms with Crippen LogP contribution in [0.5, 0.6) is 17.2 Å². The van der Waals surface area contributed by atoms with Gasteiger partial charge in [-0.05, 0) is 53.0 Å². The molecule has 0 amide bonds. The summed E-state index contributed by atoms with van der Waals surface area (Å²) in [6.45, 7) is 10.9. The lowest BCUT2D eigenvalue weighted by atomic mass is 9.92. The molecule has 0 fully saturated rings. The monoisotopic (exact) mass is 632 g/mol. The van der Waals surface area contributed by atoms with Crippen LogP contribution in [0.4, 0.5) is 0 Å². The first-order chi connectivity index (χ1) is 22.1. The Labute approximate surface area is 274 Å². The van der Waals surface area contributed by atoms with Crippen molar-refractivity contribution in [3.63, 3.8) is 0 Å². The quantitative estimate of drug-likeness (QED) is 0.103. The van der Waals surface area contributed by atoms with E-state index in [-0.39, 0.29) is 16.9 Å². The minimum absolute atomic E-state index is 0.0969. The number of ketones is 1. The minimum Gasteiger partial charge on any atom is -0.496 e. The maximum absolute atomic E-state index is 13.4. The molecule has 5 nitrogen and oxygen atoms in total. The number of rotatable bonds is 12. The van der Waals surface area contributed by atoms with Crippen LogP contribution in [0.15, 0.2) is 109 Å². The van der Waals surface area contributed by atoms with Gasteiger partial charge in [-0.2, -0.15) is 0 Å². The van der Waals surface area contributed by atoms with Gasteiger partial charge >= 0.3 is 0 Å². The second-order valence-corrected chi connectivity index (χ2v) is 17.0. The standard InChI is InChI=1S/C40H44O5Si/c1-28(45-46(40(3,4)5,32-19-13-9-14-20-32)33-21-15-10-16-22-33)25-36-37(29(2)41)39(43-7)35-26-31(23-24-34(35)38(36)42-6)44-27-30-17-11-8-12-18-30/h8-24,26,28H,25,27H2,1-7H3/t28-/m0/s1. The molecule has 5 rings (SSSR count). The minimum atomic E-state index is -2.83. The molecule has 0 aliphatic heterocycles. The lowest BCUT2D eigenvalue weighted by Crippen LogP contribution is -2.67. The van der Waals surface area contributed by atoms with Crippen LogP contribution >= 0.6 is 0 Å². The average Bonchev–Trinajstić information content (AvgIpc) is 3.06. The Kier molecular flexibility index (Phi) is 9.99. The van der Waals surface area contributed by atoms with Gasteiger partial charge in [-0.1, -0.05) is 112 Å². The Bertz CT molecular complexity index is 1740. The lowest BCUT2D eigenvalue weighted by molar-refractivity contribution is 0.101. The van der Waals surface area contributed by atoms with Crippen molar-refractivity contribution in [1.82, 2.24) is 0 Å². The first-order valence-electron chi connectivity index (χ1n) is 15.8. The summed E-state index contributed by atoms with van der Waals surface area (Å²) in [5, 5.41) is 3.84. The van der Waals surface area contributed by atoms with Crippen LogP contribution < -0.4 is 24.6 Å². The molecule has 0 bridgehead atoms. The maximum atomic E-state index is 13.4.